The van der Waals surface area contributed by atoms with Gasteiger partial charge in [-0.05, 0) is 42.4 Å². The van der Waals surface area contributed by atoms with Crippen molar-refractivity contribution in [2.75, 3.05) is 32.7 Å². The fourth-order valence-corrected chi connectivity index (χ4v) is 4.98. The predicted molar refractivity (Wildman–Crippen MR) is 115 cm³/mol. The Hall–Kier alpha value is -1.93. The van der Waals surface area contributed by atoms with Gasteiger partial charge in [-0.2, -0.15) is 4.31 Å². The monoisotopic (exact) mass is 435 g/mol. The molecule has 0 atom stereocenters. The summed E-state index contributed by atoms with van der Waals surface area (Å²) < 4.78 is 27.3. The van der Waals surface area contributed by atoms with E-state index in [0.29, 0.717) is 50.5 Å². The van der Waals surface area contributed by atoms with Crippen molar-refractivity contribution in [3.63, 3.8) is 0 Å². The van der Waals surface area contributed by atoms with Gasteiger partial charge < -0.3 is 10.2 Å². The second-order valence-corrected chi connectivity index (χ2v) is 11.2. The summed E-state index contributed by atoms with van der Waals surface area (Å²) in [6.07, 6.45) is 2.92. The van der Waals surface area contributed by atoms with Gasteiger partial charge in [-0.25, -0.2) is 8.42 Å². The molecule has 0 aromatic heterocycles. The number of carbonyl (C=O) groups excluding carboxylic acids is 2. The minimum absolute atomic E-state index is 0.0160. The lowest BCUT2D eigenvalue weighted by Gasteiger charge is -2.34. The molecule has 0 spiro atoms. The summed E-state index contributed by atoms with van der Waals surface area (Å²) in [6, 6.07) is 7.08. The molecule has 0 radical (unpaired) electrons. The first kappa shape index (κ1) is 22.7. The molecule has 1 aliphatic carbocycles. The molecule has 166 valence electrons. The molecular formula is C22H33N3O4S. The fraction of sp³-hybridized carbons (Fsp3) is 0.636. The lowest BCUT2D eigenvalue weighted by atomic mass is 9.87. The van der Waals surface area contributed by atoms with Crippen molar-refractivity contribution < 1.29 is 18.0 Å². The van der Waals surface area contributed by atoms with Gasteiger partial charge in [0.25, 0.3) is 0 Å². The van der Waals surface area contributed by atoms with Crippen LogP contribution in [0.2, 0.25) is 0 Å². The van der Waals surface area contributed by atoms with E-state index in [1.54, 1.807) is 17.0 Å². The number of hydrogen-bond acceptors (Lipinski definition) is 4. The van der Waals surface area contributed by atoms with Crippen LogP contribution >= 0.6 is 0 Å². The number of hydrogen-bond donors (Lipinski definition) is 1. The predicted octanol–water partition coefficient (Wildman–Crippen LogP) is 2.12. The summed E-state index contributed by atoms with van der Waals surface area (Å²) in [6.45, 7) is 8.18. The van der Waals surface area contributed by atoms with E-state index in [4.69, 9.17) is 0 Å². The van der Waals surface area contributed by atoms with E-state index in [1.165, 1.54) is 4.31 Å². The highest BCUT2D eigenvalue weighted by Crippen LogP contribution is 2.28. The highest BCUT2D eigenvalue weighted by atomic mass is 32.2. The number of nitrogens with zero attached hydrogens (tertiary/aromatic N) is 2. The molecule has 2 aliphatic rings. The standard InChI is InChI=1S/C22H33N3O4S/c1-22(2,3)18-8-10-19(11-9-18)30(28,29)25-15-13-24(14-16-25)20(26)5-4-12-23-21(27)17-6-7-17/h8-11,17H,4-7,12-16H2,1-3H3,(H,23,27). The third-order valence-corrected chi connectivity index (χ3v) is 7.68. The van der Waals surface area contributed by atoms with Gasteiger partial charge >= 0.3 is 0 Å². The third-order valence-electron chi connectivity index (χ3n) is 5.76. The van der Waals surface area contributed by atoms with Crippen molar-refractivity contribution in [2.45, 2.75) is 56.8 Å². The van der Waals surface area contributed by atoms with Gasteiger partial charge in [-0.15, -0.1) is 0 Å². The molecular weight excluding hydrogens is 402 g/mol. The van der Waals surface area contributed by atoms with E-state index < -0.39 is 10.0 Å². The van der Waals surface area contributed by atoms with Crippen LogP contribution in [-0.2, 0) is 25.0 Å². The summed E-state index contributed by atoms with van der Waals surface area (Å²) in [4.78, 5) is 26.0. The van der Waals surface area contributed by atoms with Crippen molar-refractivity contribution >= 4 is 21.8 Å². The zero-order valence-electron chi connectivity index (χ0n) is 18.2. The Balaban J connectivity index is 1.46. The van der Waals surface area contributed by atoms with Gasteiger partial charge in [0.1, 0.15) is 0 Å². The SMILES string of the molecule is CC(C)(C)c1ccc(S(=O)(=O)N2CCN(C(=O)CCCNC(=O)C3CC3)CC2)cc1. The van der Waals surface area contributed by atoms with Crippen LogP contribution in [0.1, 0.15) is 52.0 Å². The zero-order chi connectivity index (χ0) is 21.9. The molecule has 2 fully saturated rings. The van der Waals surface area contributed by atoms with Crippen molar-refractivity contribution in [3.05, 3.63) is 29.8 Å². The summed E-state index contributed by atoms with van der Waals surface area (Å²) in [5.41, 5.74) is 1.06. The Bertz CT molecular complexity index is 863. The largest absolute Gasteiger partial charge is 0.356 e. The van der Waals surface area contributed by atoms with Crippen molar-refractivity contribution in [1.82, 2.24) is 14.5 Å². The van der Waals surface area contributed by atoms with Gasteiger partial charge in [0, 0.05) is 45.1 Å². The fourth-order valence-electron chi connectivity index (χ4n) is 3.55. The van der Waals surface area contributed by atoms with Gasteiger partial charge in [0.15, 0.2) is 0 Å². The van der Waals surface area contributed by atoms with Gasteiger partial charge in [-0.1, -0.05) is 32.9 Å². The first-order valence-corrected chi connectivity index (χ1v) is 12.2. The molecule has 0 bridgehead atoms. The molecule has 30 heavy (non-hydrogen) atoms. The number of sulfonamides is 1. The molecule has 1 aromatic carbocycles. The number of rotatable bonds is 7. The molecule has 0 unspecified atom stereocenters. The van der Waals surface area contributed by atoms with Crippen molar-refractivity contribution in [2.24, 2.45) is 5.92 Å². The Kier molecular flexibility index (Phi) is 6.87. The average Bonchev–Trinajstić information content (AvgIpc) is 3.56. The lowest BCUT2D eigenvalue weighted by molar-refractivity contribution is -0.132. The highest BCUT2D eigenvalue weighted by molar-refractivity contribution is 7.89. The molecule has 1 N–H and O–H groups in total. The highest BCUT2D eigenvalue weighted by Gasteiger charge is 2.31. The summed E-state index contributed by atoms with van der Waals surface area (Å²) in [5.74, 6) is 0.291. The molecule has 7 nitrogen and oxygen atoms in total. The van der Waals surface area contributed by atoms with Crippen LogP contribution in [0.4, 0.5) is 0 Å². The topological polar surface area (TPSA) is 86.8 Å². The van der Waals surface area contributed by atoms with Gasteiger partial charge in [-0.3, -0.25) is 9.59 Å². The van der Waals surface area contributed by atoms with Crippen molar-refractivity contribution in [1.29, 1.82) is 0 Å². The van der Waals surface area contributed by atoms with Crippen LogP contribution in [-0.4, -0.2) is 62.2 Å². The zero-order valence-corrected chi connectivity index (χ0v) is 19.0. The second-order valence-electron chi connectivity index (χ2n) is 9.23. The maximum Gasteiger partial charge on any atom is 0.243 e. The second kappa shape index (κ2) is 9.06. The number of piperazine rings is 1. The Morgan fingerprint density at radius 2 is 1.63 bits per heavy atom. The first-order chi connectivity index (χ1) is 14.1. The lowest BCUT2D eigenvalue weighted by Crippen LogP contribution is -2.50. The number of amides is 2. The average molecular weight is 436 g/mol. The number of benzene rings is 1. The molecule has 2 amide bonds. The van der Waals surface area contributed by atoms with Crippen LogP contribution in [0.5, 0.6) is 0 Å². The van der Waals surface area contributed by atoms with Gasteiger partial charge in [0.2, 0.25) is 21.8 Å². The minimum Gasteiger partial charge on any atom is -0.356 e. The molecule has 8 heteroatoms. The minimum atomic E-state index is -3.56. The number of nitrogens with one attached hydrogen (secondary N) is 1. The van der Waals surface area contributed by atoms with E-state index in [9.17, 15) is 18.0 Å². The molecule has 1 saturated carbocycles. The van der Waals surface area contributed by atoms with Crippen LogP contribution < -0.4 is 5.32 Å². The Morgan fingerprint density at radius 1 is 1.03 bits per heavy atom. The van der Waals surface area contributed by atoms with E-state index in [2.05, 4.69) is 26.1 Å². The van der Waals surface area contributed by atoms with Crippen molar-refractivity contribution in [3.8, 4) is 0 Å². The van der Waals surface area contributed by atoms with Crippen LogP contribution in [0.15, 0.2) is 29.2 Å². The molecule has 1 heterocycles. The van der Waals surface area contributed by atoms with Crippen LogP contribution in [0, 0.1) is 5.92 Å². The molecule has 3 rings (SSSR count). The van der Waals surface area contributed by atoms with E-state index in [-0.39, 0.29) is 23.1 Å². The summed E-state index contributed by atoms with van der Waals surface area (Å²) in [7, 11) is -3.56. The van der Waals surface area contributed by atoms with E-state index in [1.807, 2.05) is 12.1 Å². The first-order valence-electron chi connectivity index (χ1n) is 10.8. The Labute approximate surface area is 179 Å². The molecule has 1 aliphatic heterocycles. The summed E-state index contributed by atoms with van der Waals surface area (Å²) in [5, 5.41) is 2.86. The van der Waals surface area contributed by atoms with Crippen LogP contribution in [0.25, 0.3) is 0 Å². The van der Waals surface area contributed by atoms with Gasteiger partial charge in [0.05, 0.1) is 4.90 Å². The maximum atomic E-state index is 12.9. The number of carbonyl (C=O) groups is 2. The third kappa shape index (κ3) is 5.60. The maximum absolute atomic E-state index is 12.9. The molecule has 1 saturated heterocycles. The van der Waals surface area contributed by atoms with E-state index >= 15 is 0 Å². The Morgan fingerprint density at radius 3 is 2.17 bits per heavy atom. The summed E-state index contributed by atoms with van der Waals surface area (Å²) >= 11 is 0. The van der Waals surface area contributed by atoms with E-state index in [0.717, 1.165) is 18.4 Å². The smallest absolute Gasteiger partial charge is 0.243 e. The molecule has 1 aromatic rings. The quantitative estimate of drug-likeness (QED) is 0.665. The normalized spacial score (nSPS) is 18.3. The van der Waals surface area contributed by atoms with Crippen LogP contribution in [0.3, 0.4) is 0 Å².